The molecule has 2 rings (SSSR count). The molecule has 0 spiro atoms. The normalized spacial score (nSPS) is 21.5. The quantitative estimate of drug-likeness (QED) is 0.853. The lowest BCUT2D eigenvalue weighted by Gasteiger charge is -2.22. The zero-order valence-corrected chi connectivity index (χ0v) is 12.4. The summed E-state index contributed by atoms with van der Waals surface area (Å²) in [5.41, 5.74) is 1.32. The van der Waals surface area contributed by atoms with Gasteiger partial charge in [0.2, 0.25) is 0 Å². The molecule has 1 aromatic rings. The molecule has 1 N–H and O–H groups in total. The van der Waals surface area contributed by atoms with Gasteiger partial charge in [-0.2, -0.15) is 0 Å². The molecule has 1 aliphatic heterocycles. The largest absolute Gasteiger partial charge is 0.494 e. The second-order valence-corrected chi connectivity index (χ2v) is 5.41. The van der Waals surface area contributed by atoms with Crippen molar-refractivity contribution < 1.29 is 4.74 Å². The maximum Gasteiger partial charge on any atom is 0.119 e. The topological polar surface area (TPSA) is 24.5 Å². The van der Waals surface area contributed by atoms with E-state index >= 15 is 0 Å². The van der Waals surface area contributed by atoms with Gasteiger partial charge >= 0.3 is 0 Å². The number of nitrogens with one attached hydrogen (secondary N) is 1. The number of hydrogen-bond donors (Lipinski definition) is 1. The Kier molecular flexibility index (Phi) is 5.23. The number of rotatable bonds is 6. The van der Waals surface area contributed by atoms with E-state index in [2.05, 4.69) is 48.5 Å². The van der Waals surface area contributed by atoms with Gasteiger partial charge in [0.15, 0.2) is 0 Å². The van der Waals surface area contributed by atoms with Crippen LogP contribution in [0.3, 0.4) is 0 Å². The summed E-state index contributed by atoms with van der Waals surface area (Å²) in [7, 11) is 2.22. The van der Waals surface area contributed by atoms with Gasteiger partial charge in [0, 0.05) is 18.6 Å². The Morgan fingerprint density at radius 1 is 1.37 bits per heavy atom. The standard InChI is InChI=1S/C16H26N2O/c1-4-19-16-9-7-14(8-10-16)13(2)17-12-15-6-5-11-18(15)3/h7-10,13,15,17H,4-6,11-12H2,1-3H3. The van der Waals surface area contributed by atoms with Crippen molar-refractivity contribution in [1.82, 2.24) is 10.2 Å². The highest BCUT2D eigenvalue weighted by Gasteiger charge is 2.20. The molecular weight excluding hydrogens is 236 g/mol. The predicted octanol–water partition coefficient (Wildman–Crippen LogP) is 2.83. The number of benzene rings is 1. The molecular formula is C16H26N2O. The molecule has 0 bridgehead atoms. The van der Waals surface area contributed by atoms with Gasteiger partial charge in [-0.15, -0.1) is 0 Å². The SMILES string of the molecule is CCOc1ccc(C(C)NCC2CCCN2C)cc1. The fourth-order valence-electron chi connectivity index (χ4n) is 2.69. The van der Waals surface area contributed by atoms with E-state index in [9.17, 15) is 0 Å². The molecule has 1 aliphatic rings. The number of hydrogen-bond acceptors (Lipinski definition) is 3. The van der Waals surface area contributed by atoms with Gasteiger partial charge in [-0.1, -0.05) is 12.1 Å². The maximum absolute atomic E-state index is 5.47. The fraction of sp³-hybridized carbons (Fsp3) is 0.625. The second kappa shape index (κ2) is 6.92. The molecule has 0 saturated carbocycles. The van der Waals surface area contributed by atoms with Crippen molar-refractivity contribution in [2.75, 3.05) is 26.7 Å². The summed E-state index contributed by atoms with van der Waals surface area (Å²) in [5.74, 6) is 0.953. The van der Waals surface area contributed by atoms with Crippen LogP contribution in [0, 0.1) is 0 Å². The second-order valence-electron chi connectivity index (χ2n) is 5.41. The molecule has 0 aliphatic carbocycles. The Morgan fingerprint density at radius 3 is 2.68 bits per heavy atom. The van der Waals surface area contributed by atoms with Crippen molar-refractivity contribution in [3.8, 4) is 5.75 Å². The average Bonchev–Trinajstić information content (AvgIpc) is 2.83. The Bertz CT molecular complexity index is 377. The van der Waals surface area contributed by atoms with Crippen molar-refractivity contribution >= 4 is 0 Å². The fourth-order valence-corrected chi connectivity index (χ4v) is 2.69. The minimum absolute atomic E-state index is 0.393. The van der Waals surface area contributed by atoms with Crippen molar-refractivity contribution in [1.29, 1.82) is 0 Å². The summed E-state index contributed by atoms with van der Waals surface area (Å²) in [6.07, 6.45) is 2.65. The van der Waals surface area contributed by atoms with Gasteiger partial charge in [0.1, 0.15) is 5.75 Å². The molecule has 19 heavy (non-hydrogen) atoms. The van der Waals surface area contributed by atoms with Gasteiger partial charge in [-0.3, -0.25) is 0 Å². The molecule has 3 nitrogen and oxygen atoms in total. The maximum atomic E-state index is 5.47. The van der Waals surface area contributed by atoms with Crippen LogP contribution < -0.4 is 10.1 Å². The van der Waals surface area contributed by atoms with E-state index in [1.165, 1.54) is 24.9 Å². The molecule has 0 radical (unpaired) electrons. The van der Waals surface area contributed by atoms with Gasteiger partial charge in [0.25, 0.3) is 0 Å². The van der Waals surface area contributed by atoms with Crippen molar-refractivity contribution in [3.63, 3.8) is 0 Å². The third-order valence-electron chi connectivity index (χ3n) is 4.02. The Hall–Kier alpha value is -1.06. The Balaban J connectivity index is 1.83. The predicted molar refractivity (Wildman–Crippen MR) is 79.7 cm³/mol. The molecule has 0 amide bonds. The molecule has 1 heterocycles. The van der Waals surface area contributed by atoms with E-state index in [-0.39, 0.29) is 0 Å². The highest BCUT2D eigenvalue weighted by molar-refractivity contribution is 5.28. The molecule has 3 heteroatoms. The smallest absolute Gasteiger partial charge is 0.119 e. The molecule has 1 aromatic carbocycles. The first-order valence-electron chi connectivity index (χ1n) is 7.37. The number of likely N-dealkylation sites (N-methyl/N-ethyl adjacent to an activating group) is 1. The highest BCUT2D eigenvalue weighted by Crippen LogP contribution is 2.19. The Morgan fingerprint density at radius 2 is 2.11 bits per heavy atom. The number of nitrogens with zero attached hydrogens (tertiary/aromatic N) is 1. The zero-order valence-electron chi connectivity index (χ0n) is 12.4. The summed E-state index contributed by atoms with van der Waals surface area (Å²) in [6, 6.07) is 9.51. The zero-order chi connectivity index (χ0) is 13.7. The first-order chi connectivity index (χ1) is 9.20. The molecule has 0 aromatic heterocycles. The average molecular weight is 262 g/mol. The van der Waals surface area contributed by atoms with E-state index in [0.29, 0.717) is 12.1 Å². The van der Waals surface area contributed by atoms with Gasteiger partial charge in [-0.05, 0) is 58.0 Å². The first-order valence-corrected chi connectivity index (χ1v) is 7.37. The minimum atomic E-state index is 0.393. The van der Waals surface area contributed by atoms with Crippen molar-refractivity contribution in [3.05, 3.63) is 29.8 Å². The molecule has 2 unspecified atom stereocenters. The summed E-state index contributed by atoms with van der Waals surface area (Å²) in [6.45, 7) is 7.27. The monoisotopic (exact) mass is 262 g/mol. The Labute approximate surface area is 116 Å². The van der Waals surface area contributed by atoms with Crippen LogP contribution >= 0.6 is 0 Å². The lowest BCUT2D eigenvalue weighted by Crippen LogP contribution is -2.36. The van der Waals surface area contributed by atoms with E-state index in [4.69, 9.17) is 4.74 Å². The number of likely N-dealkylation sites (tertiary alicyclic amines) is 1. The molecule has 2 atom stereocenters. The van der Waals surface area contributed by atoms with Crippen molar-refractivity contribution in [2.45, 2.75) is 38.8 Å². The van der Waals surface area contributed by atoms with Gasteiger partial charge in [-0.25, -0.2) is 0 Å². The van der Waals surface area contributed by atoms with Crippen LogP contribution in [0.4, 0.5) is 0 Å². The lowest BCUT2D eigenvalue weighted by molar-refractivity contribution is 0.293. The molecule has 1 saturated heterocycles. The summed E-state index contributed by atoms with van der Waals surface area (Å²) in [5, 5.41) is 3.64. The highest BCUT2D eigenvalue weighted by atomic mass is 16.5. The van der Waals surface area contributed by atoms with Crippen LogP contribution in [0.15, 0.2) is 24.3 Å². The summed E-state index contributed by atoms with van der Waals surface area (Å²) < 4.78 is 5.47. The van der Waals surface area contributed by atoms with E-state index in [1.54, 1.807) is 0 Å². The van der Waals surface area contributed by atoms with Gasteiger partial charge in [0.05, 0.1) is 6.61 Å². The van der Waals surface area contributed by atoms with Crippen LogP contribution in [-0.2, 0) is 0 Å². The third-order valence-corrected chi connectivity index (χ3v) is 4.02. The van der Waals surface area contributed by atoms with Crippen LogP contribution in [0.5, 0.6) is 5.75 Å². The third kappa shape index (κ3) is 3.95. The van der Waals surface area contributed by atoms with E-state index in [1.807, 2.05) is 6.92 Å². The van der Waals surface area contributed by atoms with Crippen LogP contribution in [0.25, 0.3) is 0 Å². The van der Waals surface area contributed by atoms with Crippen LogP contribution in [-0.4, -0.2) is 37.7 Å². The van der Waals surface area contributed by atoms with Crippen molar-refractivity contribution in [2.24, 2.45) is 0 Å². The van der Waals surface area contributed by atoms with Crippen LogP contribution in [0.1, 0.15) is 38.3 Å². The summed E-state index contributed by atoms with van der Waals surface area (Å²) >= 11 is 0. The van der Waals surface area contributed by atoms with E-state index in [0.717, 1.165) is 18.9 Å². The van der Waals surface area contributed by atoms with Gasteiger partial charge < -0.3 is 15.0 Å². The summed E-state index contributed by atoms with van der Waals surface area (Å²) in [4.78, 5) is 2.46. The minimum Gasteiger partial charge on any atom is -0.494 e. The van der Waals surface area contributed by atoms with E-state index < -0.39 is 0 Å². The molecule has 106 valence electrons. The lowest BCUT2D eigenvalue weighted by atomic mass is 10.1. The first kappa shape index (κ1) is 14.4. The van der Waals surface area contributed by atoms with Crippen LogP contribution in [0.2, 0.25) is 0 Å². The number of ether oxygens (including phenoxy) is 1. The molecule has 1 fully saturated rings.